The van der Waals surface area contributed by atoms with Crippen LogP contribution in [0.5, 0.6) is 0 Å². The molecule has 7 nitrogen and oxygen atoms in total. The Kier molecular flexibility index (Phi) is 5.83. The van der Waals surface area contributed by atoms with Gasteiger partial charge in [0.2, 0.25) is 0 Å². The van der Waals surface area contributed by atoms with Gasteiger partial charge in [0.05, 0.1) is 18.4 Å². The summed E-state index contributed by atoms with van der Waals surface area (Å²) in [6, 6.07) is 21.5. The van der Waals surface area contributed by atoms with Crippen LogP contribution in [-0.2, 0) is 9.63 Å². The molecule has 0 aliphatic carbocycles. The van der Waals surface area contributed by atoms with Crippen LogP contribution < -0.4 is 10.6 Å². The maximum atomic E-state index is 12.9. The van der Waals surface area contributed by atoms with Crippen molar-refractivity contribution in [2.45, 2.75) is 0 Å². The Morgan fingerprint density at radius 3 is 2.38 bits per heavy atom. The number of rotatable bonds is 6. The Hall–Kier alpha value is -4.23. The van der Waals surface area contributed by atoms with Gasteiger partial charge in [-0.25, -0.2) is 5.06 Å². The van der Waals surface area contributed by atoms with Gasteiger partial charge in [0.25, 0.3) is 11.8 Å². The zero-order valence-electron chi connectivity index (χ0n) is 17.6. The average Bonchev–Trinajstić information content (AvgIpc) is 3.17. The van der Waals surface area contributed by atoms with E-state index in [0.717, 1.165) is 16.9 Å². The van der Waals surface area contributed by atoms with Gasteiger partial charge in [-0.2, -0.15) is 0 Å². The smallest absolute Gasteiger partial charge is 0.277 e. The topological polar surface area (TPSA) is 87.7 Å². The number of nitrogens with zero attached hydrogens (tertiary/aromatic N) is 1. The molecule has 3 aromatic carbocycles. The summed E-state index contributed by atoms with van der Waals surface area (Å²) in [5, 5.41) is 7.33. The molecule has 2 N–H and O–H groups in total. The molecule has 1 aliphatic rings. The van der Waals surface area contributed by atoms with Crippen molar-refractivity contribution in [3.8, 4) is 0 Å². The number of hydrogen-bond acceptors (Lipinski definition) is 5. The second-order valence-corrected chi connectivity index (χ2v) is 7.18. The highest BCUT2D eigenvalue weighted by molar-refractivity contribution is 6.37. The number of carbonyl (C=O) groups is 3. The van der Waals surface area contributed by atoms with Gasteiger partial charge in [-0.3, -0.25) is 19.2 Å². The van der Waals surface area contributed by atoms with Gasteiger partial charge in [-0.1, -0.05) is 42.5 Å². The van der Waals surface area contributed by atoms with Crippen LogP contribution in [-0.4, -0.2) is 37.3 Å². The van der Waals surface area contributed by atoms with Crippen LogP contribution in [0.4, 0.5) is 11.4 Å². The third-order valence-corrected chi connectivity index (χ3v) is 5.20. The Balaban J connectivity index is 1.77. The molecular formula is C25H21N3O4. The zero-order valence-corrected chi connectivity index (χ0v) is 17.6. The lowest BCUT2D eigenvalue weighted by Gasteiger charge is -2.16. The molecule has 1 aliphatic heterocycles. The molecule has 160 valence electrons. The maximum absolute atomic E-state index is 12.9. The molecule has 0 aromatic heterocycles. The van der Waals surface area contributed by atoms with Gasteiger partial charge < -0.3 is 10.6 Å². The first-order valence-corrected chi connectivity index (χ1v) is 9.91. The van der Waals surface area contributed by atoms with Gasteiger partial charge in [-0.15, -0.1) is 0 Å². The molecule has 32 heavy (non-hydrogen) atoms. The third-order valence-electron chi connectivity index (χ3n) is 5.20. The van der Waals surface area contributed by atoms with Gasteiger partial charge >= 0.3 is 0 Å². The van der Waals surface area contributed by atoms with Crippen LogP contribution in [0.25, 0.3) is 11.3 Å². The Morgan fingerprint density at radius 1 is 1.00 bits per heavy atom. The quantitative estimate of drug-likeness (QED) is 0.352. The zero-order chi connectivity index (χ0) is 22.7. The van der Waals surface area contributed by atoms with E-state index >= 15 is 0 Å². The summed E-state index contributed by atoms with van der Waals surface area (Å²) >= 11 is 0. The number of hydrogen-bond donors (Lipinski definition) is 2. The Morgan fingerprint density at radius 2 is 1.72 bits per heavy atom. The fourth-order valence-electron chi connectivity index (χ4n) is 3.50. The molecule has 0 bridgehead atoms. The van der Waals surface area contributed by atoms with Crippen molar-refractivity contribution in [2.75, 3.05) is 24.8 Å². The molecule has 2 amide bonds. The molecule has 0 saturated carbocycles. The predicted molar refractivity (Wildman–Crippen MR) is 123 cm³/mol. The van der Waals surface area contributed by atoms with E-state index in [4.69, 9.17) is 4.84 Å². The highest BCUT2D eigenvalue weighted by Gasteiger charge is 2.28. The van der Waals surface area contributed by atoms with Crippen molar-refractivity contribution < 1.29 is 19.2 Å². The Bertz CT molecular complexity index is 1220. The van der Waals surface area contributed by atoms with Crippen molar-refractivity contribution >= 4 is 40.7 Å². The first-order chi connectivity index (χ1) is 15.5. The number of benzene rings is 3. The van der Waals surface area contributed by atoms with Gasteiger partial charge in [0.1, 0.15) is 6.29 Å². The van der Waals surface area contributed by atoms with Crippen molar-refractivity contribution in [2.24, 2.45) is 0 Å². The molecule has 7 heteroatoms. The summed E-state index contributed by atoms with van der Waals surface area (Å²) in [7, 11) is 2.97. The van der Waals surface area contributed by atoms with Crippen molar-refractivity contribution in [1.29, 1.82) is 0 Å². The number of hydroxylamine groups is 2. The third kappa shape index (κ3) is 4.01. The van der Waals surface area contributed by atoms with E-state index in [2.05, 4.69) is 10.6 Å². The van der Waals surface area contributed by atoms with Crippen LogP contribution in [0.2, 0.25) is 0 Å². The largest absolute Gasteiger partial charge is 0.354 e. The highest BCUT2D eigenvalue weighted by atomic mass is 16.7. The number of nitrogens with one attached hydrogen (secondary N) is 2. The van der Waals surface area contributed by atoms with Crippen molar-refractivity contribution in [3.63, 3.8) is 0 Å². The molecule has 0 unspecified atom stereocenters. The van der Waals surface area contributed by atoms with Crippen LogP contribution >= 0.6 is 0 Å². The average molecular weight is 427 g/mol. The van der Waals surface area contributed by atoms with E-state index < -0.39 is 0 Å². The normalized spacial score (nSPS) is 13.8. The fraction of sp³-hybridized carbons (Fsp3) is 0.0800. The van der Waals surface area contributed by atoms with Crippen LogP contribution in [0.1, 0.15) is 31.8 Å². The summed E-state index contributed by atoms with van der Waals surface area (Å²) in [6.07, 6.45) is 0.744. The van der Waals surface area contributed by atoms with Crippen LogP contribution in [0.15, 0.2) is 72.8 Å². The van der Waals surface area contributed by atoms with E-state index in [0.29, 0.717) is 39.3 Å². The van der Waals surface area contributed by atoms with Crippen LogP contribution in [0, 0.1) is 0 Å². The molecule has 3 aromatic rings. The van der Waals surface area contributed by atoms with E-state index in [1.807, 2.05) is 30.3 Å². The predicted octanol–water partition coefficient (Wildman–Crippen LogP) is 4.07. The second kappa shape index (κ2) is 8.87. The Labute approximate surface area is 185 Å². The summed E-state index contributed by atoms with van der Waals surface area (Å²) in [4.78, 5) is 41.3. The standard InChI is InChI=1S/C25H21N3O4/c1-28(32-2)25(31)18-9-11-19(12-10-18)26-23(17-6-4-3-5-7-17)22-20-13-8-16(15-29)14-21(20)27-24(22)30/h3-15,26H,1-2H3,(H,27,30)/b23-22-. The highest BCUT2D eigenvalue weighted by Crippen LogP contribution is 2.37. The minimum atomic E-state index is -0.268. The summed E-state index contributed by atoms with van der Waals surface area (Å²) < 4.78 is 0. The maximum Gasteiger partial charge on any atom is 0.277 e. The van der Waals surface area contributed by atoms with E-state index in [1.165, 1.54) is 7.11 Å². The number of aldehydes is 1. The van der Waals surface area contributed by atoms with E-state index in [1.54, 1.807) is 49.5 Å². The van der Waals surface area contributed by atoms with Crippen molar-refractivity contribution in [3.05, 3.63) is 95.1 Å². The number of fused-ring (bicyclic) bond motifs is 1. The van der Waals surface area contributed by atoms with Crippen molar-refractivity contribution in [1.82, 2.24) is 5.06 Å². The van der Waals surface area contributed by atoms with Crippen LogP contribution in [0.3, 0.4) is 0 Å². The summed E-state index contributed by atoms with van der Waals surface area (Å²) in [5.41, 5.74) is 4.88. The first kappa shape index (κ1) is 21.0. The number of carbonyl (C=O) groups excluding carboxylic acids is 3. The fourth-order valence-corrected chi connectivity index (χ4v) is 3.50. The second-order valence-electron chi connectivity index (χ2n) is 7.18. The molecule has 1 heterocycles. The molecule has 0 saturated heterocycles. The molecule has 0 radical (unpaired) electrons. The lowest BCUT2D eigenvalue weighted by atomic mass is 9.99. The van der Waals surface area contributed by atoms with Gasteiger partial charge in [0.15, 0.2) is 0 Å². The summed E-state index contributed by atoms with van der Waals surface area (Å²) in [6.45, 7) is 0. The van der Waals surface area contributed by atoms with E-state index in [9.17, 15) is 14.4 Å². The number of anilines is 2. The first-order valence-electron chi connectivity index (χ1n) is 9.91. The molecule has 0 atom stereocenters. The lowest BCUT2D eigenvalue weighted by molar-refractivity contribution is -0.110. The minimum absolute atomic E-state index is 0.261. The van der Waals surface area contributed by atoms with Gasteiger partial charge in [-0.05, 0) is 35.9 Å². The van der Waals surface area contributed by atoms with Gasteiger partial charge in [0, 0.05) is 35.1 Å². The minimum Gasteiger partial charge on any atom is -0.354 e. The number of amides is 2. The van der Waals surface area contributed by atoms with E-state index in [-0.39, 0.29) is 11.8 Å². The monoisotopic (exact) mass is 427 g/mol. The summed E-state index contributed by atoms with van der Waals surface area (Å²) in [5.74, 6) is -0.529. The lowest BCUT2D eigenvalue weighted by Crippen LogP contribution is -2.25. The molecule has 0 spiro atoms. The SMILES string of the molecule is CON(C)C(=O)c1ccc(N/C(=C2\C(=O)Nc3cc(C=O)ccc32)c2ccccc2)cc1. The molecule has 0 fully saturated rings. The molecule has 4 rings (SSSR count). The molecular weight excluding hydrogens is 406 g/mol.